The van der Waals surface area contributed by atoms with Crippen molar-refractivity contribution in [1.82, 2.24) is 0 Å². The van der Waals surface area contributed by atoms with Gasteiger partial charge in [0.1, 0.15) is 5.78 Å². The van der Waals surface area contributed by atoms with Crippen molar-refractivity contribution in [2.24, 2.45) is 11.8 Å². The first-order chi connectivity index (χ1) is 5.09. The summed E-state index contributed by atoms with van der Waals surface area (Å²) < 4.78 is 0. The molecule has 0 radical (unpaired) electrons. The largest absolute Gasteiger partial charge is 0.481 e. The zero-order valence-corrected chi connectivity index (χ0v) is 6.54. The standard InChI is InChI=1S/C8H12O3/c1-5-2-7(9)3-6(5)4-8(10)11/h5-6H,2-4H2,1H3,(H,10,11). The molecule has 1 aliphatic rings. The van der Waals surface area contributed by atoms with E-state index >= 15 is 0 Å². The number of hydrogen-bond acceptors (Lipinski definition) is 2. The van der Waals surface area contributed by atoms with Gasteiger partial charge in [0.05, 0.1) is 0 Å². The Hall–Kier alpha value is -0.860. The number of carbonyl (C=O) groups excluding carboxylic acids is 1. The summed E-state index contributed by atoms with van der Waals surface area (Å²) in [4.78, 5) is 21.1. The molecule has 1 N–H and O–H groups in total. The highest BCUT2D eigenvalue weighted by Gasteiger charge is 2.30. The molecule has 2 unspecified atom stereocenters. The van der Waals surface area contributed by atoms with Crippen LogP contribution >= 0.6 is 0 Å². The number of ketones is 1. The zero-order chi connectivity index (χ0) is 8.43. The van der Waals surface area contributed by atoms with Crippen molar-refractivity contribution in [2.45, 2.75) is 26.2 Å². The van der Waals surface area contributed by atoms with Gasteiger partial charge in [0, 0.05) is 19.3 Å². The fraction of sp³-hybridized carbons (Fsp3) is 0.750. The van der Waals surface area contributed by atoms with Gasteiger partial charge < -0.3 is 5.11 Å². The first-order valence-electron chi connectivity index (χ1n) is 3.83. The highest BCUT2D eigenvalue weighted by atomic mass is 16.4. The van der Waals surface area contributed by atoms with E-state index in [-0.39, 0.29) is 24.0 Å². The van der Waals surface area contributed by atoms with E-state index in [0.717, 1.165) is 0 Å². The third kappa shape index (κ3) is 2.03. The molecule has 0 spiro atoms. The fourth-order valence-corrected chi connectivity index (χ4v) is 1.60. The van der Waals surface area contributed by atoms with Gasteiger partial charge in [0.15, 0.2) is 0 Å². The van der Waals surface area contributed by atoms with Gasteiger partial charge in [-0.15, -0.1) is 0 Å². The maximum absolute atomic E-state index is 10.9. The summed E-state index contributed by atoms with van der Waals surface area (Å²) in [5.41, 5.74) is 0. The molecule has 1 aliphatic carbocycles. The molecule has 3 nitrogen and oxygen atoms in total. The SMILES string of the molecule is CC1CC(=O)CC1CC(=O)O. The van der Waals surface area contributed by atoms with Crippen molar-refractivity contribution < 1.29 is 14.7 Å². The highest BCUT2D eigenvalue weighted by Crippen LogP contribution is 2.30. The maximum atomic E-state index is 10.9. The van der Waals surface area contributed by atoms with Crippen LogP contribution in [0.5, 0.6) is 0 Å². The molecular formula is C8H12O3. The zero-order valence-electron chi connectivity index (χ0n) is 6.54. The van der Waals surface area contributed by atoms with Crippen LogP contribution in [0.15, 0.2) is 0 Å². The summed E-state index contributed by atoms with van der Waals surface area (Å²) in [5, 5.41) is 8.47. The minimum Gasteiger partial charge on any atom is -0.481 e. The van der Waals surface area contributed by atoms with E-state index in [4.69, 9.17) is 5.11 Å². The maximum Gasteiger partial charge on any atom is 0.303 e. The molecule has 0 aromatic rings. The topological polar surface area (TPSA) is 54.4 Å². The molecule has 0 amide bonds. The minimum atomic E-state index is -0.795. The Kier molecular flexibility index (Phi) is 2.27. The van der Waals surface area contributed by atoms with Gasteiger partial charge >= 0.3 is 5.97 Å². The van der Waals surface area contributed by atoms with Crippen LogP contribution < -0.4 is 0 Å². The second-order valence-electron chi connectivity index (χ2n) is 3.28. The molecule has 3 heteroatoms. The molecule has 0 aromatic heterocycles. The molecule has 11 heavy (non-hydrogen) atoms. The van der Waals surface area contributed by atoms with Crippen molar-refractivity contribution in [1.29, 1.82) is 0 Å². The summed E-state index contributed by atoms with van der Waals surface area (Å²) >= 11 is 0. The van der Waals surface area contributed by atoms with Crippen molar-refractivity contribution in [2.75, 3.05) is 0 Å². The van der Waals surface area contributed by atoms with Gasteiger partial charge in [0.2, 0.25) is 0 Å². The van der Waals surface area contributed by atoms with E-state index in [1.54, 1.807) is 0 Å². The smallest absolute Gasteiger partial charge is 0.303 e. The van der Waals surface area contributed by atoms with E-state index in [0.29, 0.717) is 12.8 Å². The number of carboxylic acids is 1. The summed E-state index contributed by atoms with van der Waals surface area (Å²) in [6.45, 7) is 1.94. The Labute approximate surface area is 65.4 Å². The molecule has 2 atom stereocenters. The Bertz CT molecular complexity index is 186. The van der Waals surface area contributed by atoms with Crippen LogP contribution in [0, 0.1) is 11.8 Å². The third-order valence-electron chi connectivity index (χ3n) is 2.28. The normalized spacial score (nSPS) is 30.8. The Balaban J connectivity index is 2.46. The van der Waals surface area contributed by atoms with Gasteiger partial charge in [-0.1, -0.05) is 6.92 Å². The molecule has 1 fully saturated rings. The van der Waals surface area contributed by atoms with Gasteiger partial charge in [-0.25, -0.2) is 0 Å². The molecule has 62 valence electrons. The molecule has 0 aliphatic heterocycles. The van der Waals surface area contributed by atoms with Crippen LogP contribution in [-0.4, -0.2) is 16.9 Å². The fourth-order valence-electron chi connectivity index (χ4n) is 1.60. The predicted molar refractivity (Wildman–Crippen MR) is 39.1 cm³/mol. The quantitative estimate of drug-likeness (QED) is 0.650. The Morgan fingerprint density at radius 1 is 1.64 bits per heavy atom. The summed E-state index contributed by atoms with van der Waals surface area (Å²) in [7, 11) is 0. The Morgan fingerprint density at radius 2 is 2.27 bits per heavy atom. The van der Waals surface area contributed by atoms with Crippen molar-refractivity contribution >= 4 is 11.8 Å². The van der Waals surface area contributed by atoms with Crippen molar-refractivity contribution in [3.8, 4) is 0 Å². The van der Waals surface area contributed by atoms with E-state index in [1.165, 1.54) is 0 Å². The highest BCUT2D eigenvalue weighted by molar-refractivity contribution is 5.82. The summed E-state index contributed by atoms with van der Waals surface area (Å²) in [6.07, 6.45) is 1.18. The number of hydrogen-bond donors (Lipinski definition) is 1. The lowest BCUT2D eigenvalue weighted by atomic mass is 9.95. The lowest BCUT2D eigenvalue weighted by molar-refractivity contribution is -0.138. The Morgan fingerprint density at radius 3 is 2.64 bits per heavy atom. The van der Waals surface area contributed by atoms with E-state index in [1.807, 2.05) is 6.92 Å². The van der Waals surface area contributed by atoms with Crippen molar-refractivity contribution in [3.63, 3.8) is 0 Å². The van der Waals surface area contributed by atoms with Crippen LogP contribution in [0.3, 0.4) is 0 Å². The lowest BCUT2D eigenvalue weighted by Crippen LogP contribution is -2.09. The van der Waals surface area contributed by atoms with Crippen LogP contribution in [0.1, 0.15) is 26.2 Å². The van der Waals surface area contributed by atoms with Crippen molar-refractivity contribution in [3.05, 3.63) is 0 Å². The first kappa shape index (κ1) is 8.24. The van der Waals surface area contributed by atoms with Gasteiger partial charge in [-0.2, -0.15) is 0 Å². The lowest BCUT2D eigenvalue weighted by Gasteiger charge is -2.09. The third-order valence-corrected chi connectivity index (χ3v) is 2.28. The molecule has 0 saturated heterocycles. The molecule has 0 heterocycles. The van der Waals surface area contributed by atoms with Gasteiger partial charge in [0.25, 0.3) is 0 Å². The average molecular weight is 156 g/mol. The van der Waals surface area contributed by atoms with E-state index in [2.05, 4.69) is 0 Å². The number of carbonyl (C=O) groups is 2. The molecule has 0 bridgehead atoms. The second-order valence-corrected chi connectivity index (χ2v) is 3.28. The number of aliphatic carboxylic acids is 1. The number of Topliss-reactive ketones (excluding diaryl/α,β-unsaturated/α-hetero) is 1. The molecule has 0 aromatic carbocycles. The van der Waals surface area contributed by atoms with Crippen LogP contribution in [0.4, 0.5) is 0 Å². The number of carboxylic acid groups (broad SMARTS) is 1. The second kappa shape index (κ2) is 3.03. The molecule has 1 saturated carbocycles. The predicted octanol–water partition coefficient (Wildman–Crippen LogP) is 1.08. The van der Waals surface area contributed by atoms with Crippen LogP contribution in [-0.2, 0) is 9.59 Å². The molecule has 1 rings (SSSR count). The van der Waals surface area contributed by atoms with E-state index in [9.17, 15) is 9.59 Å². The van der Waals surface area contributed by atoms with Gasteiger partial charge in [-0.05, 0) is 11.8 Å². The summed E-state index contributed by atoms with van der Waals surface area (Å²) in [6, 6.07) is 0. The van der Waals surface area contributed by atoms with Crippen LogP contribution in [0.2, 0.25) is 0 Å². The average Bonchev–Trinajstić information content (AvgIpc) is 2.09. The first-order valence-corrected chi connectivity index (χ1v) is 3.83. The monoisotopic (exact) mass is 156 g/mol. The van der Waals surface area contributed by atoms with Gasteiger partial charge in [-0.3, -0.25) is 9.59 Å². The van der Waals surface area contributed by atoms with Crippen LogP contribution in [0.25, 0.3) is 0 Å². The van der Waals surface area contributed by atoms with E-state index < -0.39 is 5.97 Å². The molecular weight excluding hydrogens is 144 g/mol. The summed E-state index contributed by atoms with van der Waals surface area (Å²) in [5.74, 6) is -0.237. The number of rotatable bonds is 2. The minimum absolute atomic E-state index is 0.0833.